The molecule has 0 aliphatic rings. The van der Waals surface area contributed by atoms with Gasteiger partial charge < -0.3 is 9.26 Å². The van der Waals surface area contributed by atoms with E-state index in [1.165, 1.54) is 4.31 Å². The molecule has 0 radical (unpaired) electrons. The van der Waals surface area contributed by atoms with Crippen molar-refractivity contribution in [2.75, 3.05) is 10.8 Å². The van der Waals surface area contributed by atoms with Crippen LogP contribution in [0.2, 0.25) is 5.02 Å². The molecule has 30 heavy (non-hydrogen) atoms. The SMILES string of the molecule is Cc1noc(C)c1COc1ccc(S(=O)(=O)N(CC(C)C)c2cccc(Cl)c2)cc1. The minimum absolute atomic E-state index is 0.136. The molecule has 0 aliphatic heterocycles. The van der Waals surface area contributed by atoms with Crippen LogP contribution in [0, 0.1) is 19.8 Å². The Balaban J connectivity index is 1.83. The predicted octanol–water partition coefficient (Wildman–Crippen LogP) is 5.38. The number of ether oxygens (including phenoxy) is 1. The number of halogens is 1. The zero-order chi connectivity index (χ0) is 21.9. The van der Waals surface area contributed by atoms with Crippen molar-refractivity contribution in [1.29, 1.82) is 0 Å². The Morgan fingerprint density at radius 3 is 2.40 bits per heavy atom. The molecule has 3 rings (SSSR count). The third-order valence-corrected chi connectivity index (χ3v) is 6.65. The first-order chi connectivity index (χ1) is 14.2. The molecule has 0 spiro atoms. The second-order valence-electron chi connectivity index (χ2n) is 7.47. The fourth-order valence-electron chi connectivity index (χ4n) is 3.00. The average Bonchev–Trinajstić information content (AvgIpc) is 3.02. The summed E-state index contributed by atoms with van der Waals surface area (Å²) in [6.07, 6.45) is 0. The third-order valence-electron chi connectivity index (χ3n) is 4.60. The van der Waals surface area contributed by atoms with E-state index >= 15 is 0 Å². The lowest BCUT2D eigenvalue weighted by Gasteiger charge is -2.26. The average molecular weight is 449 g/mol. The summed E-state index contributed by atoms with van der Waals surface area (Å²) in [4.78, 5) is 0.188. The van der Waals surface area contributed by atoms with Crippen LogP contribution in [0.15, 0.2) is 57.9 Å². The summed E-state index contributed by atoms with van der Waals surface area (Å²) in [5, 5.41) is 4.39. The van der Waals surface area contributed by atoms with Crippen LogP contribution in [0.25, 0.3) is 0 Å². The van der Waals surface area contributed by atoms with Gasteiger partial charge in [0.15, 0.2) is 0 Å². The van der Waals surface area contributed by atoms with Crippen LogP contribution >= 0.6 is 11.6 Å². The number of anilines is 1. The quantitative estimate of drug-likeness (QED) is 0.462. The number of aromatic nitrogens is 1. The van der Waals surface area contributed by atoms with E-state index in [1.54, 1.807) is 48.5 Å². The molecule has 0 unspecified atom stereocenters. The molecule has 1 aromatic heterocycles. The van der Waals surface area contributed by atoms with Crippen molar-refractivity contribution in [1.82, 2.24) is 5.16 Å². The number of rotatable bonds is 8. The smallest absolute Gasteiger partial charge is 0.264 e. The van der Waals surface area contributed by atoms with Crippen LogP contribution in [-0.2, 0) is 16.6 Å². The molecule has 160 valence electrons. The largest absolute Gasteiger partial charge is 0.489 e. The van der Waals surface area contributed by atoms with Gasteiger partial charge in [0, 0.05) is 11.6 Å². The minimum atomic E-state index is -3.76. The van der Waals surface area contributed by atoms with Gasteiger partial charge in [-0.3, -0.25) is 4.31 Å². The van der Waals surface area contributed by atoms with Gasteiger partial charge in [0.05, 0.1) is 21.8 Å². The summed E-state index contributed by atoms with van der Waals surface area (Å²) >= 11 is 6.09. The van der Waals surface area contributed by atoms with Gasteiger partial charge in [-0.2, -0.15) is 0 Å². The molecule has 0 saturated heterocycles. The van der Waals surface area contributed by atoms with Crippen molar-refractivity contribution in [2.45, 2.75) is 39.2 Å². The number of aryl methyl sites for hydroxylation is 2. The normalized spacial score (nSPS) is 11.7. The molecular formula is C22H25ClN2O4S. The van der Waals surface area contributed by atoms with Gasteiger partial charge in [-0.05, 0) is 62.2 Å². The summed E-state index contributed by atoms with van der Waals surface area (Å²) in [7, 11) is -3.76. The van der Waals surface area contributed by atoms with Crippen LogP contribution in [0.4, 0.5) is 5.69 Å². The van der Waals surface area contributed by atoms with Gasteiger partial charge in [0.25, 0.3) is 10.0 Å². The van der Waals surface area contributed by atoms with Gasteiger partial charge in [-0.1, -0.05) is 36.7 Å². The maximum atomic E-state index is 13.3. The Hall–Kier alpha value is -2.51. The highest BCUT2D eigenvalue weighted by molar-refractivity contribution is 7.92. The standard InChI is InChI=1S/C22H25ClN2O4S/c1-15(2)13-25(19-7-5-6-18(23)12-19)30(26,27)21-10-8-20(9-11-21)28-14-22-16(3)24-29-17(22)4/h5-12,15H,13-14H2,1-4H3. The van der Waals surface area contributed by atoms with Crippen molar-refractivity contribution < 1.29 is 17.7 Å². The van der Waals surface area contributed by atoms with Gasteiger partial charge in [-0.15, -0.1) is 0 Å². The number of hydrogen-bond donors (Lipinski definition) is 0. The second kappa shape index (κ2) is 9.10. The molecular weight excluding hydrogens is 424 g/mol. The van der Waals surface area contributed by atoms with Crippen LogP contribution in [0.1, 0.15) is 30.9 Å². The van der Waals surface area contributed by atoms with Crippen molar-refractivity contribution in [3.8, 4) is 5.75 Å². The zero-order valence-corrected chi connectivity index (χ0v) is 19.0. The molecule has 2 aromatic carbocycles. The van der Waals surface area contributed by atoms with Gasteiger partial charge in [0.2, 0.25) is 0 Å². The lowest BCUT2D eigenvalue weighted by Crippen LogP contribution is -2.34. The first-order valence-corrected chi connectivity index (χ1v) is 11.4. The summed E-state index contributed by atoms with van der Waals surface area (Å²) in [5.74, 6) is 1.40. The monoisotopic (exact) mass is 448 g/mol. The summed E-state index contributed by atoms with van der Waals surface area (Å²) in [6, 6.07) is 13.3. The van der Waals surface area contributed by atoms with Crippen LogP contribution in [-0.4, -0.2) is 20.1 Å². The van der Waals surface area contributed by atoms with Gasteiger partial charge in [-0.25, -0.2) is 8.42 Å². The first kappa shape index (κ1) is 22.2. The van der Waals surface area contributed by atoms with E-state index in [2.05, 4.69) is 5.16 Å². The van der Waals surface area contributed by atoms with Crippen molar-refractivity contribution in [3.63, 3.8) is 0 Å². The summed E-state index contributed by atoms with van der Waals surface area (Å²) < 4.78 is 39.0. The molecule has 0 saturated carbocycles. The number of sulfonamides is 1. The molecule has 8 heteroatoms. The molecule has 0 N–H and O–H groups in total. The highest BCUT2D eigenvalue weighted by Gasteiger charge is 2.26. The van der Waals surface area contributed by atoms with Crippen molar-refractivity contribution >= 4 is 27.3 Å². The lowest BCUT2D eigenvalue weighted by atomic mass is 10.2. The van der Waals surface area contributed by atoms with E-state index < -0.39 is 10.0 Å². The molecule has 0 bridgehead atoms. The summed E-state index contributed by atoms with van der Waals surface area (Å²) in [6.45, 7) is 8.26. The van der Waals surface area contributed by atoms with E-state index in [-0.39, 0.29) is 10.8 Å². The highest BCUT2D eigenvalue weighted by Crippen LogP contribution is 2.28. The molecule has 6 nitrogen and oxygen atoms in total. The van der Waals surface area contributed by atoms with Crippen LogP contribution in [0.5, 0.6) is 5.75 Å². The van der Waals surface area contributed by atoms with Crippen LogP contribution in [0.3, 0.4) is 0 Å². The molecule has 3 aromatic rings. The maximum Gasteiger partial charge on any atom is 0.264 e. The van der Waals surface area contributed by atoms with Crippen molar-refractivity contribution in [3.05, 3.63) is 70.6 Å². The minimum Gasteiger partial charge on any atom is -0.489 e. The summed E-state index contributed by atoms with van der Waals surface area (Å²) in [5.41, 5.74) is 2.20. The Morgan fingerprint density at radius 1 is 1.13 bits per heavy atom. The van der Waals surface area contributed by atoms with E-state index in [1.807, 2.05) is 27.7 Å². The third kappa shape index (κ3) is 4.96. The number of nitrogens with zero attached hydrogens (tertiary/aromatic N) is 2. The first-order valence-electron chi connectivity index (χ1n) is 9.61. The fraction of sp³-hybridized carbons (Fsp3) is 0.318. The highest BCUT2D eigenvalue weighted by atomic mass is 35.5. The fourth-order valence-corrected chi connectivity index (χ4v) is 4.81. The second-order valence-corrected chi connectivity index (χ2v) is 9.77. The Morgan fingerprint density at radius 2 is 1.83 bits per heavy atom. The van der Waals surface area contributed by atoms with E-state index in [0.29, 0.717) is 35.4 Å². The van der Waals surface area contributed by atoms with Gasteiger partial charge >= 0.3 is 0 Å². The van der Waals surface area contributed by atoms with E-state index in [4.69, 9.17) is 20.9 Å². The molecule has 0 fully saturated rings. The van der Waals surface area contributed by atoms with Gasteiger partial charge in [0.1, 0.15) is 18.1 Å². The molecule has 0 aliphatic carbocycles. The molecule has 1 heterocycles. The number of benzene rings is 2. The number of hydrogen-bond acceptors (Lipinski definition) is 5. The Bertz CT molecular complexity index is 1090. The topological polar surface area (TPSA) is 72.6 Å². The molecule has 0 amide bonds. The maximum absolute atomic E-state index is 13.3. The molecule has 0 atom stereocenters. The Labute approximate surface area is 182 Å². The van der Waals surface area contributed by atoms with E-state index in [0.717, 1.165) is 11.3 Å². The Kier molecular flexibility index (Phi) is 6.73. The van der Waals surface area contributed by atoms with Crippen molar-refractivity contribution in [2.24, 2.45) is 5.92 Å². The predicted molar refractivity (Wildman–Crippen MR) is 118 cm³/mol. The lowest BCUT2D eigenvalue weighted by molar-refractivity contribution is 0.301. The van der Waals surface area contributed by atoms with Crippen LogP contribution < -0.4 is 9.04 Å². The zero-order valence-electron chi connectivity index (χ0n) is 17.4. The van der Waals surface area contributed by atoms with E-state index in [9.17, 15) is 8.42 Å².